The summed E-state index contributed by atoms with van der Waals surface area (Å²) in [4.78, 5) is 4.04. The van der Waals surface area contributed by atoms with Gasteiger partial charge >= 0.3 is 0 Å². The zero-order valence-corrected chi connectivity index (χ0v) is 10.5. The molecule has 0 unspecified atom stereocenters. The van der Waals surface area contributed by atoms with Gasteiger partial charge in [-0.05, 0) is 31.2 Å². The van der Waals surface area contributed by atoms with E-state index >= 15 is 0 Å². The molecule has 2 aromatic rings. The van der Waals surface area contributed by atoms with Crippen LogP contribution in [0, 0.1) is 5.82 Å². The Morgan fingerprint density at radius 1 is 1.26 bits per heavy atom. The van der Waals surface area contributed by atoms with Crippen LogP contribution in [-0.4, -0.2) is 11.6 Å². The highest BCUT2D eigenvalue weighted by atomic mass is 19.1. The lowest BCUT2D eigenvalue weighted by atomic mass is 10.3. The Morgan fingerprint density at radius 2 is 2.05 bits per heavy atom. The second-order valence-corrected chi connectivity index (χ2v) is 3.87. The van der Waals surface area contributed by atoms with Crippen molar-refractivity contribution in [3.05, 3.63) is 36.1 Å². The first kappa shape index (κ1) is 12.9. The van der Waals surface area contributed by atoms with Gasteiger partial charge in [0.2, 0.25) is 0 Å². The van der Waals surface area contributed by atoms with Crippen LogP contribution in [0.25, 0.3) is 0 Å². The molecule has 0 fully saturated rings. The minimum Gasteiger partial charge on any atom is -0.491 e. The van der Waals surface area contributed by atoms with Crippen LogP contribution in [0.15, 0.2) is 30.3 Å². The van der Waals surface area contributed by atoms with Crippen molar-refractivity contribution >= 4 is 23.0 Å². The van der Waals surface area contributed by atoms with E-state index in [0.717, 1.165) is 0 Å². The summed E-state index contributed by atoms with van der Waals surface area (Å²) >= 11 is 0. The molecule has 5 N–H and O–H groups in total. The molecule has 0 aliphatic rings. The number of nitrogens with zero attached hydrogens (tertiary/aromatic N) is 1. The van der Waals surface area contributed by atoms with Gasteiger partial charge in [-0.3, -0.25) is 0 Å². The van der Waals surface area contributed by atoms with Gasteiger partial charge in [-0.15, -0.1) is 0 Å². The molecule has 19 heavy (non-hydrogen) atoms. The summed E-state index contributed by atoms with van der Waals surface area (Å²) in [5.74, 6) is 0.514. The number of pyridine rings is 1. The molecule has 0 bridgehead atoms. The largest absolute Gasteiger partial charge is 0.491 e. The third kappa shape index (κ3) is 3.04. The van der Waals surface area contributed by atoms with E-state index in [2.05, 4.69) is 10.3 Å². The van der Waals surface area contributed by atoms with E-state index in [9.17, 15) is 4.39 Å². The van der Waals surface area contributed by atoms with Crippen molar-refractivity contribution in [2.24, 2.45) is 0 Å². The van der Waals surface area contributed by atoms with Crippen molar-refractivity contribution in [1.82, 2.24) is 4.98 Å². The number of aromatic nitrogens is 1. The monoisotopic (exact) mass is 262 g/mol. The fourth-order valence-electron chi connectivity index (χ4n) is 1.55. The number of nitrogens with two attached hydrogens (primary N) is 2. The van der Waals surface area contributed by atoms with E-state index in [4.69, 9.17) is 16.2 Å². The lowest BCUT2D eigenvalue weighted by Crippen LogP contribution is -2.01. The fraction of sp³-hybridized carbons (Fsp3) is 0.154. The van der Waals surface area contributed by atoms with Gasteiger partial charge in [0.05, 0.1) is 12.3 Å². The first-order valence-electron chi connectivity index (χ1n) is 5.81. The maximum atomic E-state index is 13.7. The summed E-state index contributed by atoms with van der Waals surface area (Å²) in [6.07, 6.45) is 0. The van der Waals surface area contributed by atoms with Crippen molar-refractivity contribution < 1.29 is 9.13 Å². The molecular weight excluding hydrogens is 247 g/mol. The number of nitrogens with one attached hydrogen (secondary N) is 1. The van der Waals surface area contributed by atoms with Gasteiger partial charge in [-0.25, -0.2) is 9.37 Å². The van der Waals surface area contributed by atoms with Crippen LogP contribution in [0.3, 0.4) is 0 Å². The van der Waals surface area contributed by atoms with E-state index in [-0.39, 0.29) is 11.6 Å². The van der Waals surface area contributed by atoms with Gasteiger partial charge in [0.25, 0.3) is 0 Å². The minimum atomic E-state index is -0.435. The first-order chi connectivity index (χ1) is 9.10. The van der Waals surface area contributed by atoms with Gasteiger partial charge in [-0.2, -0.15) is 0 Å². The van der Waals surface area contributed by atoms with Gasteiger partial charge < -0.3 is 21.5 Å². The van der Waals surface area contributed by atoms with Crippen LogP contribution in [-0.2, 0) is 0 Å². The molecule has 1 heterocycles. The molecule has 0 atom stereocenters. The van der Waals surface area contributed by atoms with Crippen LogP contribution in [0.1, 0.15) is 6.92 Å². The summed E-state index contributed by atoms with van der Waals surface area (Å²) in [6.45, 7) is 2.21. The Hall–Kier alpha value is -2.50. The number of benzene rings is 1. The first-order valence-corrected chi connectivity index (χ1v) is 5.81. The number of nitrogen functional groups attached to an aromatic ring is 2. The SMILES string of the molecule is CCOc1ccc(Nc2ccc(N)c(N)n2)cc1F. The number of anilines is 4. The number of ether oxygens (including phenoxy) is 1. The third-order valence-electron chi connectivity index (χ3n) is 2.46. The lowest BCUT2D eigenvalue weighted by Gasteiger charge is -2.09. The van der Waals surface area contributed by atoms with E-state index in [1.165, 1.54) is 6.07 Å². The highest BCUT2D eigenvalue weighted by Gasteiger charge is 2.05. The standard InChI is InChI=1S/C13H15FN4O/c1-2-19-11-5-3-8(7-9(11)14)17-12-6-4-10(15)13(16)18-12/h3-7H,2,15H2,1H3,(H3,16,17,18). The Labute approximate surface area is 110 Å². The number of halogens is 1. The van der Waals surface area contributed by atoms with Gasteiger partial charge in [0, 0.05) is 11.8 Å². The highest BCUT2D eigenvalue weighted by Crippen LogP contribution is 2.24. The average Bonchev–Trinajstić information content (AvgIpc) is 2.37. The molecule has 1 aromatic carbocycles. The molecule has 5 nitrogen and oxygen atoms in total. The van der Waals surface area contributed by atoms with E-state index < -0.39 is 5.82 Å². The Balaban J connectivity index is 2.19. The second kappa shape index (κ2) is 5.43. The molecule has 0 saturated heterocycles. The highest BCUT2D eigenvalue weighted by molar-refractivity contribution is 5.65. The van der Waals surface area contributed by atoms with E-state index in [1.54, 1.807) is 31.2 Å². The molecule has 2 rings (SSSR count). The molecule has 0 saturated carbocycles. The molecule has 0 amide bonds. The second-order valence-electron chi connectivity index (χ2n) is 3.87. The zero-order chi connectivity index (χ0) is 13.8. The summed E-state index contributed by atoms with van der Waals surface area (Å²) in [7, 11) is 0. The Morgan fingerprint density at radius 3 is 2.68 bits per heavy atom. The van der Waals surface area contributed by atoms with Crippen molar-refractivity contribution in [1.29, 1.82) is 0 Å². The molecule has 6 heteroatoms. The Bertz CT molecular complexity index is 589. The van der Waals surface area contributed by atoms with Crippen molar-refractivity contribution in [3.63, 3.8) is 0 Å². The summed E-state index contributed by atoms with van der Waals surface area (Å²) in [5.41, 5.74) is 12.1. The maximum Gasteiger partial charge on any atom is 0.167 e. The predicted molar refractivity (Wildman–Crippen MR) is 73.9 cm³/mol. The van der Waals surface area contributed by atoms with Crippen LogP contribution in [0.5, 0.6) is 5.75 Å². The molecule has 1 aromatic heterocycles. The van der Waals surface area contributed by atoms with E-state index in [0.29, 0.717) is 23.8 Å². The molecule has 0 radical (unpaired) electrons. The van der Waals surface area contributed by atoms with Gasteiger partial charge in [-0.1, -0.05) is 0 Å². The fourth-order valence-corrected chi connectivity index (χ4v) is 1.55. The molecular formula is C13H15FN4O. The van der Waals surface area contributed by atoms with Crippen LogP contribution < -0.4 is 21.5 Å². The summed E-state index contributed by atoms with van der Waals surface area (Å²) in [6, 6.07) is 7.89. The third-order valence-corrected chi connectivity index (χ3v) is 2.46. The molecule has 0 aliphatic heterocycles. The summed E-state index contributed by atoms with van der Waals surface area (Å²) in [5, 5.41) is 2.94. The molecule has 100 valence electrons. The Kier molecular flexibility index (Phi) is 3.70. The zero-order valence-electron chi connectivity index (χ0n) is 10.5. The van der Waals surface area contributed by atoms with E-state index in [1.807, 2.05) is 0 Å². The van der Waals surface area contributed by atoms with Crippen molar-refractivity contribution in [2.45, 2.75) is 6.92 Å². The predicted octanol–water partition coefficient (Wildman–Crippen LogP) is 2.53. The summed E-state index contributed by atoms with van der Waals surface area (Å²) < 4.78 is 18.8. The average molecular weight is 262 g/mol. The normalized spacial score (nSPS) is 10.2. The van der Waals surface area contributed by atoms with Gasteiger partial charge in [0.1, 0.15) is 11.6 Å². The quantitative estimate of drug-likeness (QED) is 0.788. The van der Waals surface area contributed by atoms with Crippen LogP contribution in [0.4, 0.5) is 27.4 Å². The van der Waals surface area contributed by atoms with Crippen LogP contribution in [0.2, 0.25) is 0 Å². The van der Waals surface area contributed by atoms with Crippen LogP contribution >= 0.6 is 0 Å². The van der Waals surface area contributed by atoms with Crippen molar-refractivity contribution in [3.8, 4) is 5.75 Å². The smallest absolute Gasteiger partial charge is 0.167 e. The molecule has 0 aliphatic carbocycles. The van der Waals surface area contributed by atoms with Gasteiger partial charge in [0.15, 0.2) is 11.6 Å². The van der Waals surface area contributed by atoms with Crippen molar-refractivity contribution in [2.75, 3.05) is 23.4 Å². The minimum absolute atomic E-state index is 0.220. The maximum absolute atomic E-state index is 13.7. The lowest BCUT2D eigenvalue weighted by molar-refractivity contribution is 0.321. The molecule has 0 spiro atoms. The number of hydrogen-bond acceptors (Lipinski definition) is 5. The number of hydrogen-bond donors (Lipinski definition) is 3. The topological polar surface area (TPSA) is 86.2 Å². The number of rotatable bonds is 4.